The van der Waals surface area contributed by atoms with Gasteiger partial charge in [0.2, 0.25) is 0 Å². The molecule has 90 valence electrons. The summed E-state index contributed by atoms with van der Waals surface area (Å²) in [7, 11) is 0. The Labute approximate surface area is 110 Å². The first-order valence-electron chi connectivity index (χ1n) is 5.93. The molecule has 1 aromatic heterocycles. The summed E-state index contributed by atoms with van der Waals surface area (Å²) < 4.78 is 0. The van der Waals surface area contributed by atoms with Gasteiger partial charge in [0.1, 0.15) is 5.82 Å². The van der Waals surface area contributed by atoms with Crippen molar-refractivity contribution in [3.8, 4) is 17.2 Å². The van der Waals surface area contributed by atoms with Crippen molar-refractivity contribution >= 4 is 16.6 Å². The molecule has 3 nitrogen and oxygen atoms in total. The highest BCUT2D eigenvalue weighted by Crippen LogP contribution is 2.32. The predicted octanol–water partition coefficient (Wildman–Crippen LogP) is 3.36. The topological polar surface area (TPSA) is 62.7 Å². The van der Waals surface area contributed by atoms with E-state index in [0.29, 0.717) is 11.4 Å². The standard InChI is InChI=1S/C16H11N3/c17-9-11-5-7-12(8-6-11)15-14-4-2-1-3-13(14)10-19-16(15)18/h1-8,10H,(H2,18,19). The van der Waals surface area contributed by atoms with Crippen LogP contribution in [0.2, 0.25) is 0 Å². The predicted molar refractivity (Wildman–Crippen MR) is 76.3 cm³/mol. The molecule has 0 saturated carbocycles. The number of nitrogens with two attached hydrogens (primary N) is 1. The van der Waals surface area contributed by atoms with Crippen LogP contribution in [0.25, 0.3) is 21.9 Å². The van der Waals surface area contributed by atoms with Gasteiger partial charge in [-0.05, 0) is 23.1 Å². The summed E-state index contributed by atoms with van der Waals surface area (Å²) in [5, 5.41) is 11.0. The average Bonchev–Trinajstić information content (AvgIpc) is 2.47. The van der Waals surface area contributed by atoms with Crippen LogP contribution >= 0.6 is 0 Å². The summed E-state index contributed by atoms with van der Waals surface area (Å²) in [5.41, 5.74) is 8.54. The van der Waals surface area contributed by atoms with Crippen LogP contribution in [0.3, 0.4) is 0 Å². The number of hydrogen-bond donors (Lipinski definition) is 1. The Bertz CT molecular complexity index is 783. The molecular formula is C16H11N3. The Balaban J connectivity index is 2.29. The van der Waals surface area contributed by atoms with Gasteiger partial charge in [0.25, 0.3) is 0 Å². The number of hydrogen-bond acceptors (Lipinski definition) is 3. The fourth-order valence-corrected chi connectivity index (χ4v) is 2.19. The van der Waals surface area contributed by atoms with Crippen LogP contribution in [0, 0.1) is 11.3 Å². The molecule has 0 fully saturated rings. The van der Waals surface area contributed by atoms with Gasteiger partial charge in [-0.2, -0.15) is 5.26 Å². The Morgan fingerprint density at radius 1 is 1.00 bits per heavy atom. The van der Waals surface area contributed by atoms with E-state index in [1.807, 2.05) is 36.4 Å². The third-order valence-corrected chi connectivity index (χ3v) is 3.13. The Hall–Kier alpha value is -2.86. The minimum absolute atomic E-state index is 0.503. The van der Waals surface area contributed by atoms with Crippen molar-refractivity contribution in [2.75, 3.05) is 5.73 Å². The van der Waals surface area contributed by atoms with Gasteiger partial charge in [-0.3, -0.25) is 0 Å². The molecule has 0 aliphatic rings. The summed E-state index contributed by atoms with van der Waals surface area (Å²) >= 11 is 0. The summed E-state index contributed by atoms with van der Waals surface area (Å²) in [6.45, 7) is 0. The first kappa shape index (κ1) is 11.2. The van der Waals surface area contributed by atoms with E-state index >= 15 is 0 Å². The highest BCUT2D eigenvalue weighted by atomic mass is 14.8. The zero-order chi connectivity index (χ0) is 13.2. The Kier molecular flexibility index (Phi) is 2.62. The summed E-state index contributed by atoms with van der Waals surface area (Å²) in [5.74, 6) is 0.503. The lowest BCUT2D eigenvalue weighted by molar-refractivity contribution is 1.37. The second-order valence-corrected chi connectivity index (χ2v) is 4.29. The second-order valence-electron chi connectivity index (χ2n) is 4.29. The minimum Gasteiger partial charge on any atom is -0.383 e. The number of anilines is 1. The van der Waals surface area contributed by atoms with Gasteiger partial charge in [-0.1, -0.05) is 36.4 Å². The SMILES string of the molecule is N#Cc1ccc(-c2c(N)ncc3ccccc23)cc1. The summed E-state index contributed by atoms with van der Waals surface area (Å²) in [6, 6.07) is 17.5. The van der Waals surface area contributed by atoms with Crippen LogP contribution in [0.15, 0.2) is 54.7 Å². The molecule has 0 bridgehead atoms. The van der Waals surface area contributed by atoms with E-state index in [1.54, 1.807) is 18.3 Å². The summed E-state index contributed by atoms with van der Waals surface area (Å²) in [4.78, 5) is 4.24. The molecule has 0 spiro atoms. The van der Waals surface area contributed by atoms with Gasteiger partial charge in [0.15, 0.2) is 0 Å². The number of pyridine rings is 1. The first-order chi connectivity index (χ1) is 9.29. The van der Waals surface area contributed by atoms with Crippen molar-refractivity contribution in [2.24, 2.45) is 0 Å². The molecule has 2 aromatic carbocycles. The smallest absolute Gasteiger partial charge is 0.131 e. The molecule has 3 rings (SSSR count). The number of aromatic nitrogens is 1. The third kappa shape index (κ3) is 1.90. The number of benzene rings is 2. The molecule has 0 amide bonds. The molecule has 0 aliphatic heterocycles. The molecular weight excluding hydrogens is 234 g/mol. The fraction of sp³-hybridized carbons (Fsp3) is 0. The number of fused-ring (bicyclic) bond motifs is 1. The van der Waals surface area contributed by atoms with Crippen LogP contribution in [0.4, 0.5) is 5.82 Å². The van der Waals surface area contributed by atoms with Crippen molar-refractivity contribution in [1.82, 2.24) is 4.98 Å². The van der Waals surface area contributed by atoms with Gasteiger partial charge >= 0.3 is 0 Å². The van der Waals surface area contributed by atoms with Crippen LogP contribution in [0.5, 0.6) is 0 Å². The van der Waals surface area contributed by atoms with Gasteiger partial charge in [0, 0.05) is 17.1 Å². The minimum atomic E-state index is 0.503. The highest BCUT2D eigenvalue weighted by Gasteiger charge is 2.08. The van der Waals surface area contributed by atoms with Crippen LogP contribution < -0.4 is 5.73 Å². The van der Waals surface area contributed by atoms with E-state index < -0.39 is 0 Å². The zero-order valence-corrected chi connectivity index (χ0v) is 10.2. The Morgan fingerprint density at radius 3 is 2.47 bits per heavy atom. The molecule has 0 aliphatic carbocycles. The van der Waals surface area contributed by atoms with E-state index in [1.165, 1.54) is 0 Å². The molecule has 3 aromatic rings. The lowest BCUT2D eigenvalue weighted by Crippen LogP contribution is -1.95. The van der Waals surface area contributed by atoms with Crippen molar-refractivity contribution < 1.29 is 0 Å². The van der Waals surface area contributed by atoms with E-state index in [0.717, 1.165) is 21.9 Å². The van der Waals surface area contributed by atoms with E-state index in [9.17, 15) is 0 Å². The van der Waals surface area contributed by atoms with Gasteiger partial charge in [0.05, 0.1) is 11.6 Å². The Morgan fingerprint density at radius 2 is 1.74 bits per heavy atom. The van der Waals surface area contributed by atoms with Crippen molar-refractivity contribution in [2.45, 2.75) is 0 Å². The second kappa shape index (κ2) is 4.43. The maximum Gasteiger partial charge on any atom is 0.131 e. The highest BCUT2D eigenvalue weighted by molar-refractivity contribution is 6.00. The van der Waals surface area contributed by atoms with Crippen molar-refractivity contribution in [3.63, 3.8) is 0 Å². The monoisotopic (exact) mass is 245 g/mol. The molecule has 1 heterocycles. The molecule has 19 heavy (non-hydrogen) atoms. The van der Waals surface area contributed by atoms with E-state index in [2.05, 4.69) is 11.1 Å². The summed E-state index contributed by atoms with van der Waals surface area (Å²) in [6.07, 6.45) is 1.78. The maximum absolute atomic E-state index is 8.84. The van der Waals surface area contributed by atoms with Gasteiger partial charge < -0.3 is 5.73 Å². The quantitative estimate of drug-likeness (QED) is 0.715. The fourth-order valence-electron chi connectivity index (χ4n) is 2.19. The van der Waals surface area contributed by atoms with Gasteiger partial charge in [-0.25, -0.2) is 4.98 Å². The molecule has 0 atom stereocenters. The molecule has 3 heteroatoms. The number of nitriles is 1. The maximum atomic E-state index is 8.84. The molecule has 0 saturated heterocycles. The number of rotatable bonds is 1. The normalized spacial score (nSPS) is 10.3. The van der Waals surface area contributed by atoms with Crippen LogP contribution in [-0.4, -0.2) is 4.98 Å². The molecule has 0 radical (unpaired) electrons. The van der Waals surface area contributed by atoms with Crippen LogP contribution in [0.1, 0.15) is 5.56 Å². The average molecular weight is 245 g/mol. The van der Waals surface area contributed by atoms with Crippen molar-refractivity contribution in [1.29, 1.82) is 5.26 Å². The largest absolute Gasteiger partial charge is 0.383 e. The molecule has 0 unspecified atom stereocenters. The van der Waals surface area contributed by atoms with E-state index in [4.69, 9.17) is 11.0 Å². The number of nitrogen functional groups attached to an aromatic ring is 1. The first-order valence-corrected chi connectivity index (χ1v) is 5.93. The lowest BCUT2D eigenvalue weighted by Gasteiger charge is -2.09. The third-order valence-electron chi connectivity index (χ3n) is 3.13. The van der Waals surface area contributed by atoms with Crippen LogP contribution in [-0.2, 0) is 0 Å². The van der Waals surface area contributed by atoms with Crippen molar-refractivity contribution in [3.05, 3.63) is 60.3 Å². The van der Waals surface area contributed by atoms with E-state index in [-0.39, 0.29) is 0 Å². The number of nitrogens with zero attached hydrogens (tertiary/aromatic N) is 2. The molecule has 2 N–H and O–H groups in total. The lowest BCUT2D eigenvalue weighted by atomic mass is 9.99. The zero-order valence-electron chi connectivity index (χ0n) is 10.2. The van der Waals surface area contributed by atoms with Gasteiger partial charge in [-0.15, -0.1) is 0 Å².